The molecule has 8 nitrogen and oxygen atoms in total. The molecule has 0 fully saturated rings. The van der Waals surface area contributed by atoms with Crippen molar-refractivity contribution in [1.29, 1.82) is 0 Å². The van der Waals surface area contributed by atoms with Crippen molar-refractivity contribution in [2.24, 2.45) is 5.92 Å². The molecule has 0 saturated heterocycles. The monoisotopic (exact) mass is 483 g/mol. The van der Waals surface area contributed by atoms with E-state index in [-0.39, 0.29) is 16.7 Å². The predicted octanol–water partition coefficient (Wildman–Crippen LogP) is 3.94. The number of aromatic nitrogens is 3. The number of aromatic amines is 1. The number of nitrogens with zero attached hydrogens (tertiary/aromatic N) is 3. The lowest BCUT2D eigenvalue weighted by Crippen LogP contribution is -2.39. The normalized spacial score (nSPS) is 15.6. The molecule has 0 unspecified atom stereocenters. The van der Waals surface area contributed by atoms with E-state index in [0.29, 0.717) is 19.7 Å². The number of thiazole rings is 1. The van der Waals surface area contributed by atoms with Crippen molar-refractivity contribution < 1.29 is 9.53 Å². The van der Waals surface area contributed by atoms with Gasteiger partial charge < -0.3 is 19.9 Å². The molecule has 3 heterocycles. The SMILES string of the molecule is CCN(CCOC)C(=O)[C@@H]1CCc2c(sc3ncnc(Nc4ccc5[nH]c(=O)sc5c4)c23)C1. The molecular weight excluding hydrogens is 458 g/mol. The third-order valence-electron chi connectivity index (χ3n) is 6.14. The van der Waals surface area contributed by atoms with Crippen LogP contribution in [0.3, 0.4) is 0 Å². The highest BCUT2D eigenvalue weighted by atomic mass is 32.1. The summed E-state index contributed by atoms with van der Waals surface area (Å²) in [5.41, 5.74) is 2.95. The third-order valence-corrected chi connectivity index (χ3v) is 8.14. The average molecular weight is 484 g/mol. The van der Waals surface area contributed by atoms with Gasteiger partial charge in [-0.3, -0.25) is 9.59 Å². The second-order valence-corrected chi connectivity index (χ2v) is 10.2. The second kappa shape index (κ2) is 9.20. The van der Waals surface area contributed by atoms with Crippen LogP contribution in [-0.4, -0.2) is 52.6 Å². The van der Waals surface area contributed by atoms with Crippen molar-refractivity contribution in [3.05, 3.63) is 44.6 Å². The highest BCUT2D eigenvalue weighted by Gasteiger charge is 2.31. The number of amides is 1. The number of likely N-dealkylation sites (N-methyl/N-ethyl adjacent to an activating group) is 1. The number of aryl methyl sites for hydroxylation is 1. The molecule has 10 heteroatoms. The maximum atomic E-state index is 13.1. The van der Waals surface area contributed by atoms with Gasteiger partial charge in [-0.2, -0.15) is 0 Å². The minimum Gasteiger partial charge on any atom is -0.383 e. The summed E-state index contributed by atoms with van der Waals surface area (Å²) < 4.78 is 6.06. The summed E-state index contributed by atoms with van der Waals surface area (Å²) in [7, 11) is 1.66. The van der Waals surface area contributed by atoms with Crippen LogP contribution in [0.2, 0.25) is 0 Å². The number of anilines is 2. The third kappa shape index (κ3) is 4.25. The molecule has 0 saturated carbocycles. The van der Waals surface area contributed by atoms with E-state index < -0.39 is 0 Å². The number of nitrogens with one attached hydrogen (secondary N) is 2. The van der Waals surface area contributed by atoms with Crippen LogP contribution in [0, 0.1) is 5.92 Å². The lowest BCUT2D eigenvalue weighted by atomic mass is 9.87. The topological polar surface area (TPSA) is 100 Å². The van der Waals surface area contributed by atoms with Crippen LogP contribution in [0.4, 0.5) is 11.5 Å². The number of methoxy groups -OCH3 is 1. The summed E-state index contributed by atoms with van der Waals surface area (Å²) in [6, 6.07) is 5.79. The fourth-order valence-corrected chi connectivity index (χ4v) is 6.50. The molecule has 0 spiro atoms. The number of benzene rings is 1. The second-order valence-electron chi connectivity index (χ2n) is 8.11. The molecule has 3 aromatic heterocycles. The Morgan fingerprint density at radius 2 is 2.21 bits per heavy atom. The summed E-state index contributed by atoms with van der Waals surface area (Å²) in [5.74, 6) is 0.964. The van der Waals surface area contributed by atoms with Gasteiger partial charge >= 0.3 is 4.87 Å². The minimum atomic E-state index is -0.0635. The number of hydrogen-bond donors (Lipinski definition) is 2. The Bertz CT molecular complexity index is 1380. The Morgan fingerprint density at radius 1 is 1.33 bits per heavy atom. The first-order chi connectivity index (χ1) is 16.1. The zero-order chi connectivity index (χ0) is 22.9. The molecule has 33 heavy (non-hydrogen) atoms. The average Bonchev–Trinajstić information content (AvgIpc) is 3.38. The largest absolute Gasteiger partial charge is 0.383 e. The van der Waals surface area contributed by atoms with Gasteiger partial charge in [0.2, 0.25) is 5.91 Å². The number of ether oxygens (including phenoxy) is 1. The first-order valence-electron chi connectivity index (χ1n) is 11.0. The van der Waals surface area contributed by atoms with Crippen LogP contribution < -0.4 is 10.2 Å². The number of carbonyl (C=O) groups is 1. The van der Waals surface area contributed by atoms with E-state index in [2.05, 4.69) is 20.3 Å². The fraction of sp³-hybridized carbons (Fsp3) is 0.391. The van der Waals surface area contributed by atoms with Crippen molar-refractivity contribution >= 4 is 60.5 Å². The van der Waals surface area contributed by atoms with Crippen molar-refractivity contribution in [1.82, 2.24) is 19.9 Å². The molecule has 2 N–H and O–H groups in total. The molecule has 1 aromatic carbocycles. The Labute approximate surface area is 198 Å². The summed E-state index contributed by atoms with van der Waals surface area (Å²) in [6.07, 6.45) is 3.96. The number of rotatable bonds is 7. The molecule has 0 aliphatic heterocycles. The zero-order valence-corrected chi connectivity index (χ0v) is 20.1. The van der Waals surface area contributed by atoms with Crippen molar-refractivity contribution in [2.75, 3.05) is 32.1 Å². The lowest BCUT2D eigenvalue weighted by molar-refractivity contribution is -0.136. The highest BCUT2D eigenvalue weighted by Crippen LogP contribution is 2.41. The Hall–Kier alpha value is -2.82. The van der Waals surface area contributed by atoms with Gasteiger partial charge in [0.25, 0.3) is 0 Å². The van der Waals surface area contributed by atoms with Gasteiger partial charge in [0.05, 0.1) is 22.2 Å². The molecular formula is C23H25N5O3S2. The van der Waals surface area contributed by atoms with Gasteiger partial charge in [-0.15, -0.1) is 11.3 Å². The first kappa shape index (κ1) is 22.0. The van der Waals surface area contributed by atoms with Crippen molar-refractivity contribution in [3.8, 4) is 0 Å². The summed E-state index contributed by atoms with van der Waals surface area (Å²) in [4.78, 5) is 40.6. The maximum absolute atomic E-state index is 13.1. The van der Waals surface area contributed by atoms with E-state index in [9.17, 15) is 9.59 Å². The molecule has 1 aliphatic carbocycles. The standard InChI is InChI=1S/C23H25N5O3S2/c1-3-28(8-9-31-2)22(29)13-4-6-15-17(10-13)32-21-19(15)20(24-12-25-21)26-14-5-7-16-18(11-14)33-23(30)27-16/h5,7,11-13H,3-4,6,8-10H2,1-2H3,(H,27,30)(H,24,25,26)/t13-/m1/s1. The molecule has 0 radical (unpaired) electrons. The first-order valence-corrected chi connectivity index (χ1v) is 12.6. The number of H-pyrrole nitrogens is 1. The fourth-order valence-electron chi connectivity index (χ4n) is 4.46. The number of thiophene rings is 1. The number of fused-ring (bicyclic) bond motifs is 4. The quantitative estimate of drug-likeness (QED) is 0.413. The van der Waals surface area contributed by atoms with E-state index >= 15 is 0 Å². The Morgan fingerprint density at radius 3 is 3.03 bits per heavy atom. The number of hydrogen-bond acceptors (Lipinski definition) is 8. The van der Waals surface area contributed by atoms with Crippen LogP contribution in [0.5, 0.6) is 0 Å². The molecule has 1 amide bonds. The molecule has 0 bridgehead atoms. The lowest BCUT2D eigenvalue weighted by Gasteiger charge is -2.28. The minimum absolute atomic E-state index is 0.00879. The van der Waals surface area contributed by atoms with Crippen LogP contribution >= 0.6 is 22.7 Å². The number of carbonyl (C=O) groups excluding carboxylic acids is 1. The van der Waals surface area contributed by atoms with Gasteiger partial charge in [0.1, 0.15) is 17.0 Å². The summed E-state index contributed by atoms with van der Waals surface area (Å²) >= 11 is 2.85. The van der Waals surface area contributed by atoms with Crippen molar-refractivity contribution in [3.63, 3.8) is 0 Å². The van der Waals surface area contributed by atoms with E-state index in [1.165, 1.54) is 21.8 Å². The van der Waals surface area contributed by atoms with Crippen LogP contribution in [0.25, 0.3) is 20.4 Å². The van der Waals surface area contributed by atoms with Crippen molar-refractivity contribution in [2.45, 2.75) is 26.2 Å². The Balaban J connectivity index is 1.42. The van der Waals surface area contributed by atoms with Gasteiger partial charge in [-0.1, -0.05) is 11.3 Å². The van der Waals surface area contributed by atoms with E-state index in [4.69, 9.17) is 4.74 Å². The van der Waals surface area contributed by atoms with Gasteiger partial charge in [0.15, 0.2) is 0 Å². The Kier molecular flexibility index (Phi) is 6.13. The smallest absolute Gasteiger partial charge is 0.305 e. The molecule has 1 atom stereocenters. The van der Waals surface area contributed by atoms with E-state index in [1.54, 1.807) is 24.8 Å². The van der Waals surface area contributed by atoms with Crippen LogP contribution in [0.1, 0.15) is 23.8 Å². The maximum Gasteiger partial charge on any atom is 0.305 e. The molecule has 1 aliphatic rings. The molecule has 172 valence electrons. The van der Waals surface area contributed by atoms with Gasteiger partial charge in [0, 0.05) is 36.7 Å². The van der Waals surface area contributed by atoms with Gasteiger partial charge in [-0.05, 0) is 49.9 Å². The summed E-state index contributed by atoms with van der Waals surface area (Å²) in [6.45, 7) is 3.88. The summed E-state index contributed by atoms with van der Waals surface area (Å²) in [5, 5.41) is 4.47. The predicted molar refractivity (Wildman–Crippen MR) is 133 cm³/mol. The van der Waals surface area contributed by atoms with Crippen LogP contribution in [0.15, 0.2) is 29.3 Å². The molecule has 5 rings (SSSR count). The van der Waals surface area contributed by atoms with E-state index in [1.807, 2.05) is 30.0 Å². The van der Waals surface area contributed by atoms with Crippen LogP contribution in [-0.2, 0) is 22.4 Å². The zero-order valence-electron chi connectivity index (χ0n) is 18.5. The van der Waals surface area contributed by atoms with E-state index in [0.717, 1.165) is 51.2 Å². The molecule has 4 aromatic rings. The highest BCUT2D eigenvalue weighted by molar-refractivity contribution is 7.19. The van der Waals surface area contributed by atoms with Gasteiger partial charge in [-0.25, -0.2) is 9.97 Å².